The number of pyridine rings is 1. The first-order valence-corrected chi connectivity index (χ1v) is 8.89. The number of nitrogens with zero attached hydrogens (tertiary/aromatic N) is 2. The van der Waals surface area contributed by atoms with Crippen molar-refractivity contribution in [2.45, 2.75) is 44.6 Å². The van der Waals surface area contributed by atoms with E-state index in [0.29, 0.717) is 30.1 Å². The van der Waals surface area contributed by atoms with Crippen molar-refractivity contribution in [3.63, 3.8) is 0 Å². The van der Waals surface area contributed by atoms with Crippen molar-refractivity contribution >= 4 is 5.91 Å². The van der Waals surface area contributed by atoms with E-state index in [-0.39, 0.29) is 11.8 Å². The minimum Gasteiger partial charge on any atom is -0.481 e. The van der Waals surface area contributed by atoms with Gasteiger partial charge >= 0.3 is 0 Å². The Morgan fingerprint density at radius 1 is 1.33 bits per heavy atom. The van der Waals surface area contributed by atoms with Gasteiger partial charge < -0.3 is 14.7 Å². The molecule has 0 bridgehead atoms. The third-order valence-electron chi connectivity index (χ3n) is 6.02. The second-order valence-corrected chi connectivity index (χ2v) is 8.45. The summed E-state index contributed by atoms with van der Waals surface area (Å²) in [5, 5.41) is 9.79. The van der Waals surface area contributed by atoms with Crippen LogP contribution in [-0.2, 0) is 11.2 Å². The molecule has 130 valence electrons. The third kappa shape index (κ3) is 2.79. The Morgan fingerprint density at radius 2 is 2.04 bits per heavy atom. The first-order valence-electron chi connectivity index (χ1n) is 8.89. The molecule has 24 heavy (non-hydrogen) atoms. The minimum absolute atomic E-state index is 0.0502. The van der Waals surface area contributed by atoms with Crippen molar-refractivity contribution in [1.29, 1.82) is 0 Å². The maximum Gasteiger partial charge on any atom is 0.225 e. The molecule has 3 aliphatic rings. The molecule has 0 unspecified atom stereocenters. The Bertz CT molecular complexity index is 636. The summed E-state index contributed by atoms with van der Waals surface area (Å²) in [5.41, 5.74) is 0.845. The van der Waals surface area contributed by atoms with Gasteiger partial charge in [0.1, 0.15) is 0 Å². The van der Waals surface area contributed by atoms with Crippen LogP contribution in [-0.4, -0.2) is 46.7 Å². The molecule has 1 amide bonds. The highest BCUT2D eigenvalue weighted by Gasteiger charge is 2.55. The zero-order chi connectivity index (χ0) is 16.9. The summed E-state index contributed by atoms with van der Waals surface area (Å²) in [6.45, 7) is 3.64. The predicted octanol–water partition coefficient (Wildman–Crippen LogP) is 2.03. The summed E-state index contributed by atoms with van der Waals surface area (Å²) >= 11 is 0. The van der Waals surface area contributed by atoms with Gasteiger partial charge in [-0.1, -0.05) is 6.07 Å². The summed E-state index contributed by atoms with van der Waals surface area (Å²) < 4.78 is 5.18. The van der Waals surface area contributed by atoms with E-state index in [4.69, 9.17) is 4.74 Å². The van der Waals surface area contributed by atoms with Crippen LogP contribution in [0.4, 0.5) is 0 Å². The Morgan fingerprint density at radius 3 is 2.67 bits per heavy atom. The molecule has 1 aromatic rings. The van der Waals surface area contributed by atoms with Crippen molar-refractivity contribution in [2.24, 2.45) is 17.3 Å². The van der Waals surface area contributed by atoms with E-state index in [1.165, 1.54) is 12.8 Å². The van der Waals surface area contributed by atoms with Gasteiger partial charge in [0.05, 0.1) is 12.7 Å². The standard InChI is InChI=1S/C19H26N2O3/c1-18(23)9-14(10-18)17(22)21-11-19(12-21)7-13(8-19)6-15-4-3-5-16(20-15)24-2/h3-5,13-14,23H,6-12H2,1-2H3/t14-,18+. The molecule has 0 aromatic carbocycles. The van der Waals surface area contributed by atoms with Crippen LogP contribution in [0.5, 0.6) is 5.88 Å². The van der Waals surface area contributed by atoms with Crippen LogP contribution in [0, 0.1) is 17.3 Å². The number of rotatable bonds is 4. The smallest absolute Gasteiger partial charge is 0.225 e. The molecule has 0 radical (unpaired) electrons. The lowest BCUT2D eigenvalue weighted by Gasteiger charge is -2.60. The van der Waals surface area contributed by atoms with Crippen molar-refractivity contribution in [3.05, 3.63) is 23.9 Å². The number of methoxy groups -OCH3 is 1. The molecule has 1 aliphatic heterocycles. The number of likely N-dealkylation sites (tertiary alicyclic amines) is 1. The van der Waals surface area contributed by atoms with Crippen molar-refractivity contribution in [1.82, 2.24) is 9.88 Å². The Labute approximate surface area is 143 Å². The first kappa shape index (κ1) is 15.9. The van der Waals surface area contributed by atoms with Gasteiger partial charge in [-0.25, -0.2) is 4.98 Å². The average Bonchev–Trinajstić information content (AvgIpc) is 2.45. The zero-order valence-corrected chi connectivity index (χ0v) is 14.5. The summed E-state index contributed by atoms with van der Waals surface area (Å²) in [7, 11) is 1.64. The maximum absolute atomic E-state index is 12.4. The first-order chi connectivity index (χ1) is 11.4. The van der Waals surface area contributed by atoms with Gasteiger partial charge in [0.15, 0.2) is 0 Å². The van der Waals surface area contributed by atoms with Crippen molar-refractivity contribution in [2.75, 3.05) is 20.2 Å². The SMILES string of the molecule is COc1cccc(CC2CC3(C2)CN(C(=O)[C@H]2C[C@@](C)(O)C2)C3)n1. The second-order valence-electron chi connectivity index (χ2n) is 8.45. The number of aliphatic hydroxyl groups is 1. The van der Waals surface area contributed by atoms with E-state index in [9.17, 15) is 9.90 Å². The van der Waals surface area contributed by atoms with E-state index < -0.39 is 5.60 Å². The molecule has 5 nitrogen and oxygen atoms in total. The average molecular weight is 330 g/mol. The molecular weight excluding hydrogens is 304 g/mol. The highest BCUT2D eigenvalue weighted by Crippen LogP contribution is 2.53. The van der Waals surface area contributed by atoms with E-state index >= 15 is 0 Å². The molecule has 2 saturated carbocycles. The lowest BCUT2D eigenvalue weighted by Crippen LogP contribution is -2.66. The number of ether oxygens (including phenoxy) is 1. The Balaban J connectivity index is 1.23. The lowest BCUT2D eigenvalue weighted by molar-refractivity contribution is -0.171. The van der Waals surface area contributed by atoms with E-state index in [1.807, 2.05) is 24.0 Å². The highest BCUT2D eigenvalue weighted by atomic mass is 16.5. The van der Waals surface area contributed by atoms with Crippen LogP contribution < -0.4 is 4.74 Å². The largest absolute Gasteiger partial charge is 0.481 e. The minimum atomic E-state index is -0.617. The van der Waals surface area contributed by atoms with Gasteiger partial charge in [0.2, 0.25) is 11.8 Å². The predicted molar refractivity (Wildman–Crippen MR) is 89.6 cm³/mol. The van der Waals surface area contributed by atoms with Gasteiger partial charge in [-0.05, 0) is 51.0 Å². The van der Waals surface area contributed by atoms with Crippen LogP contribution in [0.15, 0.2) is 18.2 Å². The molecule has 1 spiro atoms. The Kier molecular flexibility index (Phi) is 3.60. The molecule has 5 heteroatoms. The van der Waals surface area contributed by atoms with Gasteiger partial charge in [-0.2, -0.15) is 0 Å². The normalized spacial score (nSPS) is 31.1. The van der Waals surface area contributed by atoms with E-state index in [0.717, 1.165) is 25.2 Å². The van der Waals surface area contributed by atoms with Crippen molar-refractivity contribution in [3.8, 4) is 5.88 Å². The molecule has 1 saturated heterocycles. The van der Waals surface area contributed by atoms with Crippen LogP contribution >= 0.6 is 0 Å². The molecule has 1 N–H and O–H groups in total. The third-order valence-corrected chi connectivity index (χ3v) is 6.02. The van der Waals surface area contributed by atoms with Crippen LogP contribution in [0.1, 0.15) is 38.3 Å². The molecule has 3 fully saturated rings. The second kappa shape index (κ2) is 5.45. The summed E-state index contributed by atoms with van der Waals surface area (Å²) in [6.07, 6.45) is 4.63. The van der Waals surface area contributed by atoms with Crippen LogP contribution in [0.2, 0.25) is 0 Å². The number of carbonyl (C=O) groups excluding carboxylic acids is 1. The molecule has 1 aromatic heterocycles. The van der Waals surface area contributed by atoms with Crippen molar-refractivity contribution < 1.29 is 14.6 Å². The van der Waals surface area contributed by atoms with E-state index in [1.54, 1.807) is 7.11 Å². The molecule has 2 heterocycles. The van der Waals surface area contributed by atoms with Gasteiger partial charge in [-0.15, -0.1) is 0 Å². The number of hydrogen-bond acceptors (Lipinski definition) is 4. The molecule has 4 rings (SSSR count). The number of aromatic nitrogens is 1. The summed E-state index contributed by atoms with van der Waals surface area (Å²) in [5.74, 6) is 1.66. The van der Waals surface area contributed by atoms with Crippen LogP contribution in [0.3, 0.4) is 0 Å². The topological polar surface area (TPSA) is 62.7 Å². The monoisotopic (exact) mass is 330 g/mol. The van der Waals surface area contributed by atoms with Gasteiger partial charge in [0.25, 0.3) is 0 Å². The molecule has 2 aliphatic carbocycles. The fraction of sp³-hybridized carbons (Fsp3) is 0.684. The van der Waals surface area contributed by atoms with Gasteiger partial charge in [-0.3, -0.25) is 4.79 Å². The van der Waals surface area contributed by atoms with E-state index in [2.05, 4.69) is 11.1 Å². The Hall–Kier alpha value is -1.62. The fourth-order valence-electron chi connectivity index (χ4n) is 4.90. The quantitative estimate of drug-likeness (QED) is 0.917. The summed E-state index contributed by atoms with van der Waals surface area (Å²) in [4.78, 5) is 18.8. The summed E-state index contributed by atoms with van der Waals surface area (Å²) in [6, 6.07) is 5.93. The highest BCUT2D eigenvalue weighted by molar-refractivity contribution is 5.81. The number of hydrogen-bond donors (Lipinski definition) is 1. The maximum atomic E-state index is 12.4. The molecular formula is C19H26N2O3. The fourth-order valence-corrected chi connectivity index (χ4v) is 4.90. The number of amides is 1. The van der Waals surface area contributed by atoms with Crippen LogP contribution in [0.25, 0.3) is 0 Å². The number of carbonyl (C=O) groups is 1. The molecule has 0 atom stereocenters. The lowest BCUT2D eigenvalue weighted by atomic mass is 9.56. The zero-order valence-electron chi connectivity index (χ0n) is 14.5. The van der Waals surface area contributed by atoms with Gasteiger partial charge in [0, 0.05) is 36.2 Å².